The highest BCUT2D eigenvalue weighted by atomic mass is 32.1. The molecule has 0 aliphatic carbocycles. The van der Waals surface area contributed by atoms with Crippen LogP contribution in [-0.2, 0) is 0 Å². The van der Waals surface area contributed by atoms with Gasteiger partial charge in [0.2, 0.25) is 0 Å². The second kappa shape index (κ2) is 11.6. The van der Waals surface area contributed by atoms with Crippen molar-refractivity contribution < 1.29 is 4.42 Å². The highest BCUT2D eigenvalue weighted by Gasteiger charge is 2.20. The van der Waals surface area contributed by atoms with E-state index >= 15 is 0 Å². The van der Waals surface area contributed by atoms with E-state index in [2.05, 4.69) is 114 Å². The van der Waals surface area contributed by atoms with Crippen molar-refractivity contribution in [3.63, 3.8) is 0 Å². The number of nitrogens with zero attached hydrogens (tertiary/aromatic N) is 3. The van der Waals surface area contributed by atoms with Gasteiger partial charge in [-0.2, -0.15) is 0 Å². The average Bonchev–Trinajstić information content (AvgIpc) is 3.77. The van der Waals surface area contributed by atoms with E-state index in [0.717, 1.165) is 72.4 Å². The first-order chi connectivity index (χ1) is 24.8. The number of fused-ring (bicyclic) bond motifs is 6. The Bertz CT molecular complexity index is 2870. The zero-order chi connectivity index (χ0) is 33.0. The fraction of sp³-hybridized carbons (Fsp3) is 0. The molecule has 50 heavy (non-hydrogen) atoms. The minimum Gasteiger partial charge on any atom is -0.455 e. The lowest BCUT2D eigenvalue weighted by atomic mass is 9.95. The van der Waals surface area contributed by atoms with Crippen LogP contribution in [0.4, 0.5) is 0 Å². The summed E-state index contributed by atoms with van der Waals surface area (Å²) in [5, 5.41) is 4.67. The summed E-state index contributed by atoms with van der Waals surface area (Å²) in [6, 6.07) is 54.7. The van der Waals surface area contributed by atoms with Crippen LogP contribution in [0.3, 0.4) is 0 Å². The summed E-state index contributed by atoms with van der Waals surface area (Å²) in [5.41, 5.74) is 10.5. The molecule has 0 unspecified atom stereocenters. The van der Waals surface area contributed by atoms with Crippen LogP contribution in [-0.4, -0.2) is 15.0 Å². The van der Waals surface area contributed by atoms with Gasteiger partial charge in [-0.3, -0.25) is 4.98 Å². The Kier molecular flexibility index (Phi) is 6.64. The van der Waals surface area contributed by atoms with Crippen LogP contribution in [0.15, 0.2) is 168 Å². The van der Waals surface area contributed by atoms with Crippen molar-refractivity contribution in [3.8, 4) is 56.3 Å². The van der Waals surface area contributed by atoms with Crippen molar-refractivity contribution in [2.75, 3.05) is 0 Å². The summed E-state index contributed by atoms with van der Waals surface area (Å²) in [6.07, 6.45) is 1.82. The fourth-order valence-corrected chi connectivity index (χ4v) is 8.13. The monoisotopic (exact) mass is 657 g/mol. The molecular formula is C45H27N3OS. The van der Waals surface area contributed by atoms with Crippen LogP contribution in [0, 0.1) is 0 Å². The van der Waals surface area contributed by atoms with Crippen LogP contribution >= 0.6 is 11.3 Å². The molecule has 0 bridgehead atoms. The van der Waals surface area contributed by atoms with Gasteiger partial charge in [-0.05, 0) is 54.1 Å². The average molecular weight is 658 g/mol. The summed E-state index contributed by atoms with van der Waals surface area (Å²) in [7, 11) is 0. The minimum absolute atomic E-state index is 0.668. The Morgan fingerprint density at radius 1 is 0.440 bits per heavy atom. The molecule has 0 spiro atoms. The number of thiophene rings is 1. The molecule has 234 valence electrons. The van der Waals surface area contributed by atoms with E-state index in [4.69, 9.17) is 14.4 Å². The van der Waals surface area contributed by atoms with Crippen molar-refractivity contribution >= 4 is 53.4 Å². The van der Waals surface area contributed by atoms with Gasteiger partial charge in [-0.1, -0.05) is 109 Å². The molecule has 0 saturated carbocycles. The van der Waals surface area contributed by atoms with Gasteiger partial charge in [0.05, 0.1) is 17.1 Å². The molecule has 4 heterocycles. The first kappa shape index (κ1) is 28.6. The van der Waals surface area contributed by atoms with Crippen LogP contribution < -0.4 is 0 Å². The van der Waals surface area contributed by atoms with E-state index in [1.807, 2.05) is 66.1 Å². The van der Waals surface area contributed by atoms with Gasteiger partial charge in [0.15, 0.2) is 5.82 Å². The standard InChI is InChI=1S/C45H27N3OS/c1-2-11-28(12-3-1)45-47-38(31-14-10-13-30(25-31)37-17-8-9-24-46-37)27-39(48-45)35-23-22-32(44-43(35)36-16-4-6-18-40(36)49-44)29-20-21-34-33-15-5-7-19-41(33)50-42(34)26-29/h1-27H. The highest BCUT2D eigenvalue weighted by molar-refractivity contribution is 7.25. The summed E-state index contributed by atoms with van der Waals surface area (Å²) in [5.74, 6) is 0.668. The van der Waals surface area contributed by atoms with E-state index in [-0.39, 0.29) is 0 Å². The van der Waals surface area contributed by atoms with Crippen LogP contribution in [0.2, 0.25) is 0 Å². The minimum atomic E-state index is 0.668. The largest absolute Gasteiger partial charge is 0.455 e. The molecule has 4 nitrogen and oxygen atoms in total. The second-order valence-corrected chi connectivity index (χ2v) is 13.5. The summed E-state index contributed by atoms with van der Waals surface area (Å²) >= 11 is 1.83. The number of benzene rings is 6. The van der Waals surface area contributed by atoms with Crippen molar-refractivity contribution in [3.05, 3.63) is 164 Å². The topological polar surface area (TPSA) is 51.8 Å². The first-order valence-corrected chi connectivity index (χ1v) is 17.4. The van der Waals surface area contributed by atoms with Gasteiger partial charge < -0.3 is 4.42 Å². The number of furan rings is 1. The Morgan fingerprint density at radius 3 is 2.04 bits per heavy atom. The maximum Gasteiger partial charge on any atom is 0.160 e. The van der Waals surface area contributed by atoms with E-state index in [9.17, 15) is 0 Å². The van der Waals surface area contributed by atoms with Crippen molar-refractivity contribution in [1.82, 2.24) is 15.0 Å². The predicted octanol–water partition coefficient (Wildman–Crippen LogP) is 12.5. The third-order valence-electron chi connectivity index (χ3n) is 9.37. The van der Waals surface area contributed by atoms with E-state index in [1.165, 1.54) is 20.2 Å². The molecule has 0 amide bonds. The molecule has 0 fully saturated rings. The second-order valence-electron chi connectivity index (χ2n) is 12.4. The SMILES string of the molecule is c1ccc(-c2nc(-c3cccc(-c4ccccn4)c3)cc(-c3ccc(-c4ccc5c(c4)sc4ccccc45)c4oc5ccccc5c34)n2)cc1. The number of rotatable bonds is 5. The zero-order valence-electron chi connectivity index (χ0n) is 26.7. The van der Waals surface area contributed by atoms with Crippen molar-refractivity contribution in [2.24, 2.45) is 0 Å². The zero-order valence-corrected chi connectivity index (χ0v) is 27.6. The molecule has 5 heteroatoms. The number of hydrogen-bond acceptors (Lipinski definition) is 5. The predicted molar refractivity (Wildman–Crippen MR) is 207 cm³/mol. The molecule has 0 saturated heterocycles. The van der Waals surface area contributed by atoms with Crippen molar-refractivity contribution in [1.29, 1.82) is 0 Å². The Balaban J connectivity index is 1.20. The molecular weight excluding hydrogens is 631 g/mol. The molecule has 0 aliphatic rings. The molecule has 0 radical (unpaired) electrons. The lowest BCUT2D eigenvalue weighted by Crippen LogP contribution is -1.96. The maximum absolute atomic E-state index is 6.72. The van der Waals surface area contributed by atoms with Crippen LogP contribution in [0.25, 0.3) is 98.4 Å². The van der Waals surface area contributed by atoms with Crippen LogP contribution in [0.1, 0.15) is 0 Å². The molecule has 10 aromatic rings. The van der Waals surface area contributed by atoms with Gasteiger partial charge in [0, 0.05) is 65.0 Å². The lowest BCUT2D eigenvalue weighted by Gasteiger charge is -2.12. The fourth-order valence-electron chi connectivity index (χ4n) is 6.98. The third-order valence-corrected chi connectivity index (χ3v) is 10.5. The number of hydrogen-bond donors (Lipinski definition) is 0. The van der Waals surface area contributed by atoms with Gasteiger partial charge in [0.25, 0.3) is 0 Å². The van der Waals surface area contributed by atoms with Crippen LogP contribution in [0.5, 0.6) is 0 Å². The molecule has 0 atom stereocenters. The Hall–Kier alpha value is -6.43. The molecule has 0 aliphatic heterocycles. The molecule has 10 rings (SSSR count). The highest BCUT2D eigenvalue weighted by Crippen LogP contribution is 2.44. The van der Waals surface area contributed by atoms with E-state index < -0.39 is 0 Å². The Labute approximate surface area is 292 Å². The quantitative estimate of drug-likeness (QED) is 0.185. The Morgan fingerprint density at radius 2 is 1.16 bits per heavy atom. The van der Waals surface area contributed by atoms with Gasteiger partial charge >= 0.3 is 0 Å². The molecule has 0 N–H and O–H groups in total. The normalized spacial score (nSPS) is 11.6. The number of pyridine rings is 1. The van der Waals surface area contributed by atoms with Crippen molar-refractivity contribution in [2.45, 2.75) is 0 Å². The number of aromatic nitrogens is 3. The summed E-state index contributed by atoms with van der Waals surface area (Å²) in [4.78, 5) is 14.9. The maximum atomic E-state index is 6.72. The third kappa shape index (κ3) is 4.79. The number of para-hydroxylation sites is 1. The van der Waals surface area contributed by atoms with Gasteiger partial charge in [-0.15, -0.1) is 11.3 Å². The summed E-state index contributed by atoms with van der Waals surface area (Å²) in [6.45, 7) is 0. The smallest absolute Gasteiger partial charge is 0.160 e. The summed E-state index contributed by atoms with van der Waals surface area (Å²) < 4.78 is 9.28. The van der Waals surface area contributed by atoms with E-state index in [0.29, 0.717) is 5.82 Å². The van der Waals surface area contributed by atoms with Gasteiger partial charge in [0.1, 0.15) is 11.2 Å². The molecule has 6 aromatic carbocycles. The molecule has 4 aromatic heterocycles. The van der Waals surface area contributed by atoms with E-state index in [1.54, 1.807) is 0 Å². The lowest BCUT2D eigenvalue weighted by molar-refractivity contribution is 0.670. The first-order valence-electron chi connectivity index (χ1n) is 16.6. The van der Waals surface area contributed by atoms with Gasteiger partial charge in [-0.25, -0.2) is 9.97 Å².